The van der Waals surface area contributed by atoms with Gasteiger partial charge in [0.05, 0.1) is 30.2 Å². The number of amides is 1. The number of ether oxygens (including phenoxy) is 1. The molecule has 1 amide bonds. The van der Waals surface area contributed by atoms with Crippen LogP contribution in [0.5, 0.6) is 5.88 Å². The fourth-order valence-corrected chi connectivity index (χ4v) is 4.42. The normalized spacial score (nSPS) is 11.8. The van der Waals surface area contributed by atoms with E-state index < -0.39 is 38.3 Å². The molecule has 13 heteroatoms. The minimum absolute atomic E-state index is 0.153. The first-order valence-electron chi connectivity index (χ1n) is 9.38. The lowest BCUT2D eigenvalue weighted by Gasteiger charge is -2.15. The zero-order valence-corrected chi connectivity index (χ0v) is 18.8. The number of nitrogens with one attached hydrogen (secondary N) is 2. The van der Waals surface area contributed by atoms with Crippen LogP contribution in [0.1, 0.15) is 27.2 Å². The number of carbonyl (C=O) groups is 1. The van der Waals surface area contributed by atoms with E-state index in [1.165, 1.54) is 14.2 Å². The summed E-state index contributed by atoms with van der Waals surface area (Å²) >= 11 is 0. The Bertz CT molecular complexity index is 1300. The summed E-state index contributed by atoms with van der Waals surface area (Å²) in [6.07, 6.45) is -2.87. The van der Waals surface area contributed by atoms with Crippen molar-refractivity contribution in [1.82, 2.24) is 14.8 Å². The second kappa shape index (κ2) is 8.73. The van der Waals surface area contributed by atoms with Gasteiger partial charge in [0, 0.05) is 13.2 Å². The van der Waals surface area contributed by atoms with E-state index in [-0.39, 0.29) is 11.6 Å². The number of hydrogen-bond acceptors (Lipinski definition) is 6. The smallest absolute Gasteiger partial charge is 0.435 e. The summed E-state index contributed by atoms with van der Waals surface area (Å²) in [6.45, 7) is 3.45. The van der Waals surface area contributed by atoms with Gasteiger partial charge in [-0.05, 0) is 31.0 Å². The first-order chi connectivity index (χ1) is 15.3. The highest BCUT2D eigenvalue weighted by molar-refractivity contribution is 7.92. The van der Waals surface area contributed by atoms with Crippen molar-refractivity contribution in [2.24, 2.45) is 7.05 Å². The Kier molecular flexibility index (Phi) is 6.36. The monoisotopic (exact) mass is 483 g/mol. The molecule has 2 aromatic heterocycles. The van der Waals surface area contributed by atoms with E-state index in [0.29, 0.717) is 16.8 Å². The topological polar surface area (TPSA) is 115 Å². The van der Waals surface area contributed by atoms with Crippen LogP contribution in [0.25, 0.3) is 0 Å². The molecule has 0 spiro atoms. The molecule has 0 saturated carbocycles. The number of rotatable bonds is 6. The lowest BCUT2D eigenvalue weighted by molar-refractivity contribution is -0.141. The van der Waals surface area contributed by atoms with E-state index >= 15 is 0 Å². The Hall–Kier alpha value is -3.61. The molecule has 2 heterocycles. The van der Waals surface area contributed by atoms with Gasteiger partial charge in [-0.1, -0.05) is 18.2 Å². The highest BCUT2D eigenvalue weighted by Gasteiger charge is 2.39. The lowest BCUT2D eigenvalue weighted by atomic mass is 10.1. The number of para-hydroxylation sites is 1. The molecule has 176 valence electrons. The number of nitrogens with zero attached hydrogens (tertiary/aromatic N) is 3. The average Bonchev–Trinajstić information content (AvgIpc) is 3.13. The number of sulfonamides is 1. The number of carbonyl (C=O) groups excluding carboxylic acids is 1. The summed E-state index contributed by atoms with van der Waals surface area (Å²) in [4.78, 5) is 16.0. The summed E-state index contributed by atoms with van der Waals surface area (Å²) in [5.74, 6) is -1.39. The van der Waals surface area contributed by atoms with Crippen molar-refractivity contribution in [2.75, 3.05) is 17.1 Å². The van der Waals surface area contributed by atoms with Crippen molar-refractivity contribution >= 4 is 27.3 Å². The molecule has 9 nitrogen and oxygen atoms in total. The van der Waals surface area contributed by atoms with Crippen LogP contribution in [0.3, 0.4) is 0 Å². The Morgan fingerprint density at radius 2 is 1.82 bits per heavy atom. The number of hydrogen-bond donors (Lipinski definition) is 2. The standard InChI is InChI=1S/C20H20F3N5O4S/c1-11-6-5-7-12(2)16(11)27-33(30,31)15-8-13(9-24-19(15)32-4)25-18(29)14-10-28(3)26-17(14)20(21,22)23/h5-10,27H,1-4H3,(H,25,29). The van der Waals surface area contributed by atoms with E-state index in [1.54, 1.807) is 32.0 Å². The van der Waals surface area contributed by atoms with Gasteiger partial charge in [-0.15, -0.1) is 0 Å². The van der Waals surface area contributed by atoms with Crippen LogP contribution in [0, 0.1) is 13.8 Å². The number of halogens is 3. The first kappa shape index (κ1) is 24.0. The quantitative estimate of drug-likeness (QED) is 0.555. The SMILES string of the molecule is COc1ncc(NC(=O)c2cn(C)nc2C(F)(F)F)cc1S(=O)(=O)Nc1c(C)cccc1C. The molecule has 0 radical (unpaired) electrons. The van der Waals surface area contributed by atoms with E-state index in [1.807, 2.05) is 0 Å². The number of alkyl halides is 3. The zero-order valence-electron chi connectivity index (χ0n) is 18.0. The summed E-state index contributed by atoms with van der Waals surface area (Å²) in [7, 11) is -1.78. The molecule has 0 atom stereocenters. The minimum atomic E-state index is -4.85. The maximum Gasteiger partial charge on any atom is 0.435 e. The molecule has 0 saturated heterocycles. The van der Waals surface area contributed by atoms with Gasteiger partial charge in [0.1, 0.15) is 0 Å². The van der Waals surface area contributed by atoms with E-state index in [0.717, 1.165) is 23.1 Å². The molecule has 0 aliphatic carbocycles. The highest BCUT2D eigenvalue weighted by atomic mass is 32.2. The highest BCUT2D eigenvalue weighted by Crippen LogP contribution is 2.32. The largest absolute Gasteiger partial charge is 0.480 e. The molecule has 0 unspecified atom stereocenters. The summed E-state index contributed by atoms with van der Waals surface area (Å²) in [6, 6.07) is 6.27. The summed E-state index contributed by atoms with van der Waals surface area (Å²) in [5.41, 5.74) is -0.538. The predicted octanol–water partition coefficient (Wildman–Crippen LogP) is 3.51. The average molecular weight is 483 g/mol. The zero-order chi connectivity index (χ0) is 24.6. The lowest BCUT2D eigenvalue weighted by Crippen LogP contribution is -2.19. The number of aryl methyl sites for hydroxylation is 3. The van der Waals surface area contributed by atoms with Crippen LogP contribution in [0.15, 0.2) is 41.6 Å². The van der Waals surface area contributed by atoms with Gasteiger partial charge >= 0.3 is 6.18 Å². The third-order valence-corrected chi connectivity index (χ3v) is 5.96. The van der Waals surface area contributed by atoms with Crippen molar-refractivity contribution in [1.29, 1.82) is 0 Å². The maximum atomic E-state index is 13.2. The van der Waals surface area contributed by atoms with Crippen LogP contribution in [0.2, 0.25) is 0 Å². The van der Waals surface area contributed by atoms with Crippen LogP contribution in [0.4, 0.5) is 24.5 Å². The number of anilines is 2. The van der Waals surface area contributed by atoms with E-state index in [4.69, 9.17) is 4.74 Å². The molecular weight excluding hydrogens is 463 g/mol. The Balaban J connectivity index is 1.97. The third kappa shape index (κ3) is 5.08. The molecule has 2 N–H and O–H groups in total. The van der Waals surface area contributed by atoms with Gasteiger partial charge in [0.25, 0.3) is 15.9 Å². The van der Waals surface area contributed by atoms with Gasteiger partial charge in [-0.3, -0.25) is 14.2 Å². The van der Waals surface area contributed by atoms with E-state index in [9.17, 15) is 26.4 Å². The van der Waals surface area contributed by atoms with Crippen LogP contribution < -0.4 is 14.8 Å². The number of methoxy groups -OCH3 is 1. The first-order valence-corrected chi connectivity index (χ1v) is 10.9. The van der Waals surface area contributed by atoms with Crippen LogP contribution in [-0.2, 0) is 23.2 Å². The minimum Gasteiger partial charge on any atom is -0.480 e. The van der Waals surface area contributed by atoms with Gasteiger partial charge in [0.15, 0.2) is 10.6 Å². The van der Waals surface area contributed by atoms with Crippen LogP contribution >= 0.6 is 0 Å². The van der Waals surface area contributed by atoms with Crippen LogP contribution in [-0.4, -0.2) is 36.2 Å². The fraction of sp³-hybridized carbons (Fsp3) is 0.250. The van der Waals surface area contributed by atoms with Crippen molar-refractivity contribution in [3.63, 3.8) is 0 Å². The molecule has 3 aromatic rings. The Labute approximate surface area is 187 Å². The van der Waals surface area contributed by atoms with Gasteiger partial charge < -0.3 is 10.1 Å². The number of pyridine rings is 1. The van der Waals surface area contributed by atoms with Gasteiger partial charge in [-0.2, -0.15) is 18.3 Å². The molecule has 1 aromatic carbocycles. The Morgan fingerprint density at radius 1 is 1.18 bits per heavy atom. The molecule has 0 aliphatic heterocycles. The second-order valence-corrected chi connectivity index (χ2v) is 8.77. The molecule has 0 bridgehead atoms. The molecule has 33 heavy (non-hydrogen) atoms. The predicted molar refractivity (Wildman–Crippen MR) is 114 cm³/mol. The van der Waals surface area contributed by atoms with E-state index in [2.05, 4.69) is 20.1 Å². The Morgan fingerprint density at radius 3 is 2.39 bits per heavy atom. The molecule has 0 fully saturated rings. The number of benzene rings is 1. The molecular formula is C20H20F3N5O4S. The second-order valence-electron chi connectivity index (χ2n) is 7.12. The summed E-state index contributed by atoms with van der Waals surface area (Å²) in [5, 5.41) is 5.51. The van der Waals surface area contributed by atoms with Crippen molar-refractivity contribution in [3.05, 3.63) is 59.0 Å². The molecule has 0 aliphatic rings. The van der Waals surface area contributed by atoms with Gasteiger partial charge in [-0.25, -0.2) is 13.4 Å². The van der Waals surface area contributed by atoms with Gasteiger partial charge in [0.2, 0.25) is 5.88 Å². The maximum absolute atomic E-state index is 13.2. The number of aromatic nitrogens is 3. The van der Waals surface area contributed by atoms with Crippen molar-refractivity contribution < 1.29 is 31.1 Å². The third-order valence-electron chi connectivity index (χ3n) is 4.62. The fourth-order valence-electron chi connectivity index (χ4n) is 3.07. The summed E-state index contributed by atoms with van der Waals surface area (Å²) < 4.78 is 74.1. The van der Waals surface area contributed by atoms with Crippen molar-refractivity contribution in [3.8, 4) is 5.88 Å². The van der Waals surface area contributed by atoms with Crippen molar-refractivity contribution in [2.45, 2.75) is 24.9 Å². The molecule has 3 rings (SSSR count).